The first-order chi connectivity index (χ1) is 8.08. The quantitative estimate of drug-likeness (QED) is 0.577. The molecule has 7 heteroatoms. The number of piperidine rings is 1. The first-order valence-electron chi connectivity index (χ1n) is 5.45. The number of nitro groups is 1. The molecule has 0 aromatic carbocycles. The van der Waals surface area contributed by atoms with Gasteiger partial charge in [-0.1, -0.05) is 0 Å². The number of likely N-dealkylation sites (tertiary alicyclic amines) is 1. The number of rotatable bonds is 2. The molecule has 1 saturated heterocycles. The average Bonchev–Trinajstić information content (AvgIpc) is 2.77. The van der Waals surface area contributed by atoms with Gasteiger partial charge in [0, 0.05) is 25.2 Å². The molecule has 1 fully saturated rings. The van der Waals surface area contributed by atoms with E-state index < -0.39 is 4.92 Å². The maximum Gasteiger partial charge on any atom is 0.287 e. The lowest BCUT2D eigenvalue weighted by atomic mass is 10.1. The second kappa shape index (κ2) is 4.54. The number of carbonyl (C=O) groups is 1. The smallest absolute Gasteiger partial charge is 0.287 e. The molecule has 3 N–H and O–H groups in total. The van der Waals surface area contributed by atoms with E-state index in [0.717, 1.165) is 12.8 Å². The van der Waals surface area contributed by atoms with Crippen LogP contribution in [0.2, 0.25) is 0 Å². The van der Waals surface area contributed by atoms with Crippen LogP contribution in [0.5, 0.6) is 0 Å². The van der Waals surface area contributed by atoms with Gasteiger partial charge >= 0.3 is 0 Å². The van der Waals surface area contributed by atoms with Gasteiger partial charge < -0.3 is 15.6 Å². The molecule has 7 nitrogen and oxygen atoms in total. The third-order valence-corrected chi connectivity index (χ3v) is 2.85. The average molecular weight is 238 g/mol. The van der Waals surface area contributed by atoms with Gasteiger partial charge in [-0.15, -0.1) is 0 Å². The van der Waals surface area contributed by atoms with Gasteiger partial charge in [0.1, 0.15) is 5.69 Å². The zero-order valence-electron chi connectivity index (χ0n) is 9.26. The Balaban J connectivity index is 2.10. The lowest BCUT2D eigenvalue weighted by Crippen LogP contribution is -2.45. The van der Waals surface area contributed by atoms with Gasteiger partial charge in [-0.2, -0.15) is 0 Å². The van der Waals surface area contributed by atoms with Gasteiger partial charge in [0.05, 0.1) is 11.1 Å². The number of aromatic amines is 1. The predicted octanol–water partition coefficient (Wildman–Crippen LogP) is 0.486. The van der Waals surface area contributed by atoms with Crippen molar-refractivity contribution in [1.82, 2.24) is 9.88 Å². The summed E-state index contributed by atoms with van der Waals surface area (Å²) in [6.45, 7) is 1.16. The monoisotopic (exact) mass is 238 g/mol. The maximum atomic E-state index is 12.0. The lowest BCUT2D eigenvalue weighted by molar-refractivity contribution is -0.384. The van der Waals surface area contributed by atoms with Crippen LogP contribution < -0.4 is 5.73 Å². The molecule has 0 unspecified atom stereocenters. The van der Waals surface area contributed by atoms with E-state index in [4.69, 9.17) is 5.73 Å². The van der Waals surface area contributed by atoms with Crippen molar-refractivity contribution in [2.75, 3.05) is 13.1 Å². The first-order valence-corrected chi connectivity index (χ1v) is 5.45. The fraction of sp³-hybridized carbons (Fsp3) is 0.500. The summed E-state index contributed by atoms with van der Waals surface area (Å²) in [6, 6.07) is 1.25. The molecule has 0 aliphatic carbocycles. The Labute approximate surface area is 97.7 Å². The van der Waals surface area contributed by atoms with Crippen molar-refractivity contribution in [3.05, 3.63) is 28.1 Å². The maximum absolute atomic E-state index is 12.0. The van der Waals surface area contributed by atoms with Crippen LogP contribution in [0.15, 0.2) is 12.3 Å². The minimum absolute atomic E-state index is 0.00218. The summed E-state index contributed by atoms with van der Waals surface area (Å²) in [4.78, 5) is 26.2. The fourth-order valence-electron chi connectivity index (χ4n) is 1.98. The van der Waals surface area contributed by atoms with Crippen LogP contribution in [0, 0.1) is 10.1 Å². The summed E-state index contributed by atoms with van der Waals surface area (Å²) in [5.41, 5.74) is 5.92. The van der Waals surface area contributed by atoms with Crippen LogP contribution in [0.4, 0.5) is 5.69 Å². The Morgan fingerprint density at radius 3 is 3.00 bits per heavy atom. The number of amides is 1. The second-order valence-corrected chi connectivity index (χ2v) is 4.18. The third-order valence-electron chi connectivity index (χ3n) is 2.85. The molecule has 0 radical (unpaired) electrons. The highest BCUT2D eigenvalue weighted by Gasteiger charge is 2.24. The van der Waals surface area contributed by atoms with Crippen molar-refractivity contribution >= 4 is 11.6 Å². The summed E-state index contributed by atoms with van der Waals surface area (Å²) < 4.78 is 0. The fourth-order valence-corrected chi connectivity index (χ4v) is 1.98. The van der Waals surface area contributed by atoms with Crippen LogP contribution in [-0.4, -0.2) is 39.8 Å². The van der Waals surface area contributed by atoms with Crippen molar-refractivity contribution in [2.24, 2.45) is 5.73 Å². The van der Waals surface area contributed by atoms with Crippen molar-refractivity contribution in [3.63, 3.8) is 0 Å². The van der Waals surface area contributed by atoms with Crippen LogP contribution in [0.1, 0.15) is 23.3 Å². The molecule has 0 saturated carbocycles. The summed E-state index contributed by atoms with van der Waals surface area (Å²) in [6.07, 6.45) is 3.00. The number of nitrogens with one attached hydrogen (secondary N) is 1. The molecule has 2 heterocycles. The highest BCUT2D eigenvalue weighted by Crippen LogP contribution is 2.16. The number of hydrogen-bond donors (Lipinski definition) is 2. The van der Waals surface area contributed by atoms with E-state index in [1.165, 1.54) is 12.3 Å². The predicted molar refractivity (Wildman–Crippen MR) is 60.6 cm³/mol. The molecular weight excluding hydrogens is 224 g/mol. The summed E-state index contributed by atoms with van der Waals surface area (Å²) >= 11 is 0. The minimum Gasteiger partial charge on any atom is -0.351 e. The van der Waals surface area contributed by atoms with Crippen LogP contribution in [-0.2, 0) is 0 Å². The van der Waals surface area contributed by atoms with Gasteiger partial charge in [0.2, 0.25) is 0 Å². The zero-order valence-corrected chi connectivity index (χ0v) is 9.26. The van der Waals surface area contributed by atoms with Crippen molar-refractivity contribution in [1.29, 1.82) is 0 Å². The summed E-state index contributed by atoms with van der Waals surface area (Å²) in [5, 5.41) is 10.5. The van der Waals surface area contributed by atoms with E-state index in [1.807, 2.05) is 0 Å². The number of nitrogens with zero attached hydrogens (tertiary/aromatic N) is 2. The van der Waals surface area contributed by atoms with Crippen LogP contribution in [0.25, 0.3) is 0 Å². The Hall–Kier alpha value is -1.89. The van der Waals surface area contributed by atoms with Crippen molar-refractivity contribution in [3.8, 4) is 0 Å². The van der Waals surface area contributed by atoms with Gasteiger partial charge in [-0.05, 0) is 12.8 Å². The summed E-state index contributed by atoms with van der Waals surface area (Å²) in [5.74, 6) is -0.228. The van der Waals surface area contributed by atoms with Crippen molar-refractivity contribution in [2.45, 2.75) is 18.9 Å². The molecule has 1 aliphatic rings. The molecule has 92 valence electrons. The number of carbonyl (C=O) groups excluding carboxylic acids is 1. The van der Waals surface area contributed by atoms with E-state index in [9.17, 15) is 14.9 Å². The molecule has 1 atom stereocenters. The highest BCUT2D eigenvalue weighted by molar-refractivity contribution is 5.93. The van der Waals surface area contributed by atoms with E-state index in [-0.39, 0.29) is 23.3 Å². The number of hydrogen-bond acceptors (Lipinski definition) is 4. The molecule has 1 aromatic rings. The Morgan fingerprint density at radius 2 is 2.41 bits per heavy atom. The number of aromatic nitrogens is 1. The molecule has 1 aromatic heterocycles. The zero-order chi connectivity index (χ0) is 12.4. The second-order valence-electron chi connectivity index (χ2n) is 4.18. The minimum atomic E-state index is -0.533. The van der Waals surface area contributed by atoms with Crippen molar-refractivity contribution < 1.29 is 9.72 Å². The molecule has 0 bridgehead atoms. The van der Waals surface area contributed by atoms with Crippen LogP contribution in [0.3, 0.4) is 0 Å². The third kappa shape index (κ3) is 2.44. The first kappa shape index (κ1) is 11.6. The standard InChI is InChI=1S/C10H14N4O3/c11-7-2-1-3-13(6-7)10(15)9-4-8(5-12-9)14(16)17/h4-5,7,12H,1-3,6,11H2/t7-/m1/s1. The molecule has 1 aliphatic heterocycles. The largest absolute Gasteiger partial charge is 0.351 e. The van der Waals surface area contributed by atoms with Gasteiger partial charge in [-0.3, -0.25) is 14.9 Å². The van der Waals surface area contributed by atoms with E-state index in [0.29, 0.717) is 13.1 Å². The molecule has 2 rings (SSSR count). The van der Waals surface area contributed by atoms with Gasteiger partial charge in [-0.25, -0.2) is 0 Å². The van der Waals surface area contributed by atoms with Gasteiger partial charge in [0.25, 0.3) is 11.6 Å². The molecule has 0 spiro atoms. The van der Waals surface area contributed by atoms with E-state index in [1.54, 1.807) is 4.90 Å². The topological polar surface area (TPSA) is 105 Å². The Kier molecular flexibility index (Phi) is 3.10. The lowest BCUT2D eigenvalue weighted by Gasteiger charge is -2.30. The number of nitrogens with two attached hydrogens (primary N) is 1. The van der Waals surface area contributed by atoms with Crippen LogP contribution >= 0.6 is 0 Å². The molecule has 1 amide bonds. The Morgan fingerprint density at radius 1 is 1.65 bits per heavy atom. The molecular formula is C10H14N4O3. The SMILES string of the molecule is N[C@@H]1CCCN(C(=O)c2cc([N+](=O)[O-])c[nH]2)C1. The van der Waals surface area contributed by atoms with E-state index >= 15 is 0 Å². The van der Waals surface area contributed by atoms with E-state index in [2.05, 4.69) is 4.98 Å². The summed E-state index contributed by atoms with van der Waals surface area (Å²) in [7, 11) is 0. The highest BCUT2D eigenvalue weighted by atomic mass is 16.6. The number of H-pyrrole nitrogens is 1. The normalized spacial score (nSPS) is 20.3. The van der Waals surface area contributed by atoms with Gasteiger partial charge in [0.15, 0.2) is 0 Å². The molecule has 17 heavy (non-hydrogen) atoms. The Bertz CT molecular complexity index is 443.